The molecule has 0 saturated heterocycles. The third-order valence-electron chi connectivity index (χ3n) is 3.76. The van der Waals surface area contributed by atoms with E-state index >= 15 is 0 Å². The smallest absolute Gasteiger partial charge is 0.259 e. The molecule has 1 heterocycles. The summed E-state index contributed by atoms with van der Waals surface area (Å²) >= 11 is 0. The maximum atomic E-state index is 13.1. The van der Waals surface area contributed by atoms with Gasteiger partial charge in [-0.3, -0.25) is 4.79 Å². The Kier molecular flexibility index (Phi) is 4.12. The molecule has 1 N–H and O–H groups in total. The molecule has 4 nitrogen and oxygen atoms in total. The van der Waals surface area contributed by atoms with Crippen LogP contribution in [0.5, 0.6) is 0 Å². The summed E-state index contributed by atoms with van der Waals surface area (Å²) in [5, 5.41) is 6.94. The molecular formula is C18H15F2N3O. The highest BCUT2D eigenvalue weighted by Gasteiger charge is 2.16. The van der Waals surface area contributed by atoms with Crippen molar-refractivity contribution >= 4 is 11.6 Å². The molecule has 0 unspecified atom stereocenters. The Balaban J connectivity index is 1.87. The van der Waals surface area contributed by atoms with Crippen LogP contribution < -0.4 is 5.32 Å². The summed E-state index contributed by atoms with van der Waals surface area (Å²) in [5.41, 5.74) is 2.84. The number of halogens is 2. The Hall–Kier alpha value is -3.02. The molecule has 0 bridgehead atoms. The van der Waals surface area contributed by atoms with Crippen LogP contribution in [0, 0.1) is 25.5 Å². The van der Waals surface area contributed by atoms with Crippen LogP contribution in [-0.4, -0.2) is 15.7 Å². The highest BCUT2D eigenvalue weighted by atomic mass is 19.1. The number of benzene rings is 2. The van der Waals surface area contributed by atoms with E-state index in [9.17, 15) is 13.6 Å². The van der Waals surface area contributed by atoms with Gasteiger partial charge in [-0.2, -0.15) is 5.10 Å². The predicted octanol–water partition coefficient (Wildman–Crippen LogP) is 4.02. The zero-order valence-electron chi connectivity index (χ0n) is 13.2. The largest absolute Gasteiger partial charge is 0.322 e. The van der Waals surface area contributed by atoms with Crippen molar-refractivity contribution in [3.63, 3.8) is 0 Å². The maximum Gasteiger partial charge on any atom is 0.259 e. The first-order valence-corrected chi connectivity index (χ1v) is 7.34. The molecule has 0 fully saturated rings. The number of hydrogen-bond donors (Lipinski definition) is 1. The van der Waals surface area contributed by atoms with Crippen LogP contribution in [0.3, 0.4) is 0 Å². The molecule has 0 aliphatic carbocycles. The van der Waals surface area contributed by atoms with Gasteiger partial charge < -0.3 is 5.32 Å². The zero-order chi connectivity index (χ0) is 17.3. The zero-order valence-corrected chi connectivity index (χ0v) is 13.2. The first-order chi connectivity index (χ1) is 11.5. The van der Waals surface area contributed by atoms with Gasteiger partial charge in [0.05, 0.1) is 23.1 Å². The fourth-order valence-electron chi connectivity index (χ4n) is 2.43. The van der Waals surface area contributed by atoms with Crippen LogP contribution >= 0.6 is 0 Å². The highest BCUT2D eigenvalue weighted by Crippen LogP contribution is 2.19. The lowest BCUT2D eigenvalue weighted by Gasteiger charge is -2.09. The topological polar surface area (TPSA) is 46.9 Å². The molecule has 3 rings (SSSR count). The first-order valence-electron chi connectivity index (χ1n) is 7.34. The number of anilines is 1. The van der Waals surface area contributed by atoms with Crippen molar-refractivity contribution in [2.24, 2.45) is 0 Å². The van der Waals surface area contributed by atoms with Crippen LogP contribution in [0.2, 0.25) is 0 Å². The van der Waals surface area contributed by atoms with E-state index in [-0.39, 0.29) is 17.5 Å². The number of amides is 1. The van der Waals surface area contributed by atoms with Gasteiger partial charge in [0.25, 0.3) is 5.91 Å². The molecule has 0 spiro atoms. The molecule has 2 aromatic carbocycles. The number of aryl methyl sites for hydroxylation is 1. The van der Waals surface area contributed by atoms with Gasteiger partial charge in [-0.15, -0.1) is 0 Å². The number of carbonyl (C=O) groups is 1. The van der Waals surface area contributed by atoms with Gasteiger partial charge in [-0.25, -0.2) is 13.5 Å². The standard InChI is InChI=1S/C18H15F2N3O/c1-11-9-14(20)5-8-17(11)22-18(24)16-10-21-23(12(16)2)15-6-3-13(19)4-7-15/h3-10H,1-2H3,(H,22,24). The first kappa shape index (κ1) is 15.9. The lowest BCUT2D eigenvalue weighted by Crippen LogP contribution is -2.14. The molecule has 122 valence electrons. The van der Waals surface area contributed by atoms with Crippen molar-refractivity contribution in [2.75, 3.05) is 5.32 Å². The molecule has 1 amide bonds. The van der Waals surface area contributed by atoms with Crippen molar-refractivity contribution in [2.45, 2.75) is 13.8 Å². The molecule has 3 aromatic rings. The molecule has 1 aromatic heterocycles. The van der Waals surface area contributed by atoms with Gasteiger partial charge in [0, 0.05) is 5.69 Å². The van der Waals surface area contributed by atoms with E-state index in [2.05, 4.69) is 10.4 Å². The molecule has 0 radical (unpaired) electrons. The van der Waals surface area contributed by atoms with Crippen LogP contribution in [-0.2, 0) is 0 Å². The number of carbonyl (C=O) groups excluding carboxylic acids is 1. The van der Waals surface area contributed by atoms with E-state index in [1.54, 1.807) is 30.7 Å². The number of hydrogen-bond acceptors (Lipinski definition) is 2. The number of nitrogens with one attached hydrogen (secondary N) is 1. The van der Waals surface area contributed by atoms with E-state index in [0.717, 1.165) is 0 Å². The lowest BCUT2D eigenvalue weighted by atomic mass is 10.1. The minimum atomic E-state index is -0.356. The van der Waals surface area contributed by atoms with Crippen LogP contribution in [0.25, 0.3) is 5.69 Å². The summed E-state index contributed by atoms with van der Waals surface area (Å²) in [7, 11) is 0. The number of aromatic nitrogens is 2. The normalized spacial score (nSPS) is 10.7. The Morgan fingerprint density at radius 3 is 2.38 bits per heavy atom. The summed E-state index contributed by atoms with van der Waals surface area (Å²) in [4.78, 5) is 12.5. The Morgan fingerprint density at radius 2 is 1.71 bits per heavy atom. The van der Waals surface area contributed by atoms with E-state index in [0.29, 0.717) is 28.2 Å². The molecular weight excluding hydrogens is 312 g/mol. The summed E-state index contributed by atoms with van der Waals surface area (Å²) in [6.07, 6.45) is 1.45. The molecule has 0 atom stereocenters. The Morgan fingerprint density at radius 1 is 1.04 bits per heavy atom. The third-order valence-corrected chi connectivity index (χ3v) is 3.76. The second kappa shape index (κ2) is 6.23. The third kappa shape index (κ3) is 3.03. The SMILES string of the molecule is Cc1cc(F)ccc1NC(=O)c1cnn(-c2ccc(F)cc2)c1C. The predicted molar refractivity (Wildman–Crippen MR) is 87.3 cm³/mol. The molecule has 0 aliphatic heterocycles. The lowest BCUT2D eigenvalue weighted by molar-refractivity contribution is 0.102. The average molecular weight is 327 g/mol. The summed E-state index contributed by atoms with van der Waals surface area (Å²) in [6, 6.07) is 9.99. The number of rotatable bonds is 3. The molecule has 24 heavy (non-hydrogen) atoms. The second-order valence-corrected chi connectivity index (χ2v) is 5.45. The van der Waals surface area contributed by atoms with E-state index in [4.69, 9.17) is 0 Å². The van der Waals surface area contributed by atoms with Crippen molar-refractivity contribution in [3.8, 4) is 5.69 Å². The van der Waals surface area contributed by atoms with Crippen molar-refractivity contribution in [1.29, 1.82) is 0 Å². The molecule has 0 aliphatic rings. The van der Waals surface area contributed by atoms with E-state index in [1.807, 2.05) is 0 Å². The number of nitrogens with zero attached hydrogens (tertiary/aromatic N) is 2. The Labute approximate surface area is 137 Å². The average Bonchev–Trinajstić information content (AvgIpc) is 2.92. The van der Waals surface area contributed by atoms with Crippen LogP contribution in [0.4, 0.5) is 14.5 Å². The van der Waals surface area contributed by atoms with Gasteiger partial charge in [0.15, 0.2) is 0 Å². The van der Waals surface area contributed by atoms with Crippen molar-refractivity contribution < 1.29 is 13.6 Å². The van der Waals surface area contributed by atoms with Crippen molar-refractivity contribution in [3.05, 3.63) is 77.1 Å². The van der Waals surface area contributed by atoms with Crippen LogP contribution in [0.15, 0.2) is 48.7 Å². The van der Waals surface area contributed by atoms with Gasteiger partial charge >= 0.3 is 0 Å². The van der Waals surface area contributed by atoms with Gasteiger partial charge in [-0.05, 0) is 61.9 Å². The highest BCUT2D eigenvalue weighted by molar-refractivity contribution is 6.05. The fraction of sp³-hybridized carbons (Fsp3) is 0.111. The fourth-order valence-corrected chi connectivity index (χ4v) is 2.43. The van der Waals surface area contributed by atoms with Crippen LogP contribution in [0.1, 0.15) is 21.6 Å². The second-order valence-electron chi connectivity index (χ2n) is 5.45. The van der Waals surface area contributed by atoms with Gasteiger partial charge in [0.1, 0.15) is 11.6 Å². The van der Waals surface area contributed by atoms with Crippen molar-refractivity contribution in [1.82, 2.24) is 9.78 Å². The monoisotopic (exact) mass is 327 g/mol. The summed E-state index contributed by atoms with van der Waals surface area (Å²) in [5.74, 6) is -1.03. The minimum Gasteiger partial charge on any atom is -0.322 e. The quantitative estimate of drug-likeness (QED) is 0.790. The maximum absolute atomic E-state index is 13.1. The van der Waals surface area contributed by atoms with Gasteiger partial charge in [0.2, 0.25) is 0 Å². The summed E-state index contributed by atoms with van der Waals surface area (Å²) in [6.45, 7) is 3.47. The molecule has 6 heteroatoms. The Bertz CT molecular complexity index is 901. The van der Waals surface area contributed by atoms with Gasteiger partial charge in [-0.1, -0.05) is 0 Å². The van der Waals surface area contributed by atoms with E-state index in [1.165, 1.54) is 36.5 Å². The molecule has 0 saturated carbocycles. The van der Waals surface area contributed by atoms with E-state index < -0.39 is 0 Å². The summed E-state index contributed by atoms with van der Waals surface area (Å²) < 4.78 is 27.7. The minimum absolute atomic E-state index is 0.337.